The van der Waals surface area contributed by atoms with Crippen LogP contribution in [0.15, 0.2) is 36.4 Å². The van der Waals surface area contributed by atoms with Crippen LogP contribution in [0, 0.1) is 13.8 Å². The van der Waals surface area contributed by atoms with E-state index in [0.29, 0.717) is 6.61 Å². The van der Waals surface area contributed by atoms with Crippen molar-refractivity contribution in [3.8, 4) is 5.75 Å². The van der Waals surface area contributed by atoms with Gasteiger partial charge in [0.1, 0.15) is 12.4 Å². The Hall–Kier alpha value is -1.96. The van der Waals surface area contributed by atoms with E-state index in [2.05, 4.69) is 46.8 Å². The molecule has 2 aromatic rings. The predicted octanol–water partition coefficient (Wildman–Crippen LogP) is 4.76. The number of anilines is 1. The minimum absolute atomic E-state index is 0.172. The molecule has 21 heavy (non-hydrogen) atoms. The molecule has 0 atom stereocenters. The highest BCUT2D eigenvalue weighted by molar-refractivity contribution is 5.43. The van der Waals surface area contributed by atoms with Crippen LogP contribution in [0.1, 0.15) is 43.0 Å². The van der Waals surface area contributed by atoms with Crippen LogP contribution in [0.3, 0.4) is 0 Å². The van der Waals surface area contributed by atoms with Gasteiger partial charge < -0.3 is 10.5 Å². The van der Waals surface area contributed by atoms with E-state index >= 15 is 0 Å². The minimum atomic E-state index is 0.172. The van der Waals surface area contributed by atoms with Gasteiger partial charge in [-0.25, -0.2) is 0 Å². The molecule has 0 aliphatic rings. The standard InChI is InChI=1S/C19H25NO/c1-13-10-15(19(3,4)5)11-14(2)18(13)12-21-17-8-6-16(20)7-9-17/h6-11H,12,20H2,1-5H3. The van der Waals surface area contributed by atoms with Gasteiger partial charge in [0.15, 0.2) is 0 Å². The molecule has 0 fully saturated rings. The molecule has 0 amide bonds. The molecule has 0 unspecified atom stereocenters. The van der Waals surface area contributed by atoms with Crippen LogP contribution in [0.4, 0.5) is 5.69 Å². The summed E-state index contributed by atoms with van der Waals surface area (Å²) in [6, 6.07) is 12.1. The highest BCUT2D eigenvalue weighted by atomic mass is 16.5. The molecule has 0 saturated heterocycles. The number of rotatable bonds is 3. The van der Waals surface area contributed by atoms with Gasteiger partial charge in [-0.2, -0.15) is 0 Å². The summed E-state index contributed by atoms with van der Waals surface area (Å²) in [7, 11) is 0. The third-order valence-electron chi connectivity index (χ3n) is 3.83. The fourth-order valence-electron chi connectivity index (χ4n) is 2.37. The molecule has 2 heteroatoms. The van der Waals surface area contributed by atoms with Gasteiger partial charge in [0.05, 0.1) is 0 Å². The Kier molecular flexibility index (Phi) is 4.26. The molecule has 0 saturated carbocycles. The largest absolute Gasteiger partial charge is 0.489 e. The van der Waals surface area contributed by atoms with Crippen molar-refractivity contribution in [1.29, 1.82) is 0 Å². The zero-order chi connectivity index (χ0) is 15.6. The van der Waals surface area contributed by atoms with Crippen molar-refractivity contribution in [2.75, 3.05) is 5.73 Å². The van der Waals surface area contributed by atoms with E-state index in [1.165, 1.54) is 22.3 Å². The molecule has 2 N–H and O–H groups in total. The third-order valence-corrected chi connectivity index (χ3v) is 3.83. The first-order valence-corrected chi connectivity index (χ1v) is 7.36. The van der Waals surface area contributed by atoms with E-state index in [-0.39, 0.29) is 5.41 Å². The van der Waals surface area contributed by atoms with Crippen molar-refractivity contribution in [3.63, 3.8) is 0 Å². The average molecular weight is 283 g/mol. The molecule has 0 spiro atoms. The molecule has 0 radical (unpaired) electrons. The van der Waals surface area contributed by atoms with Gasteiger partial charge in [-0.1, -0.05) is 32.9 Å². The number of ether oxygens (including phenoxy) is 1. The van der Waals surface area contributed by atoms with E-state index in [9.17, 15) is 0 Å². The monoisotopic (exact) mass is 283 g/mol. The molecule has 0 heterocycles. The Morgan fingerprint density at radius 2 is 1.48 bits per heavy atom. The van der Waals surface area contributed by atoms with Gasteiger partial charge in [-0.3, -0.25) is 0 Å². The van der Waals surface area contributed by atoms with Crippen LogP contribution in [0.2, 0.25) is 0 Å². The molecule has 0 bridgehead atoms. The molecule has 0 aromatic heterocycles. The molecular weight excluding hydrogens is 258 g/mol. The SMILES string of the molecule is Cc1cc(C(C)(C)C)cc(C)c1COc1ccc(N)cc1. The van der Waals surface area contributed by atoms with E-state index < -0.39 is 0 Å². The summed E-state index contributed by atoms with van der Waals surface area (Å²) in [6.45, 7) is 11.6. The Morgan fingerprint density at radius 3 is 1.95 bits per heavy atom. The number of hydrogen-bond acceptors (Lipinski definition) is 2. The molecule has 0 aliphatic carbocycles. The van der Waals surface area contributed by atoms with Crippen LogP contribution in [-0.2, 0) is 12.0 Å². The zero-order valence-electron chi connectivity index (χ0n) is 13.7. The lowest BCUT2D eigenvalue weighted by atomic mass is 9.84. The van der Waals surface area contributed by atoms with Crippen LogP contribution >= 0.6 is 0 Å². The maximum absolute atomic E-state index is 5.88. The summed E-state index contributed by atoms with van der Waals surface area (Å²) in [5, 5.41) is 0. The Labute approximate surface area is 127 Å². The first-order valence-electron chi connectivity index (χ1n) is 7.36. The topological polar surface area (TPSA) is 35.2 Å². The van der Waals surface area contributed by atoms with E-state index in [0.717, 1.165) is 11.4 Å². The van der Waals surface area contributed by atoms with Crippen molar-refractivity contribution in [3.05, 3.63) is 58.7 Å². The van der Waals surface area contributed by atoms with Crippen LogP contribution in [0.5, 0.6) is 5.75 Å². The number of benzene rings is 2. The van der Waals surface area contributed by atoms with Crippen molar-refractivity contribution >= 4 is 5.69 Å². The van der Waals surface area contributed by atoms with Crippen LogP contribution < -0.4 is 10.5 Å². The van der Waals surface area contributed by atoms with Gasteiger partial charge in [-0.15, -0.1) is 0 Å². The van der Waals surface area contributed by atoms with Crippen molar-refractivity contribution < 1.29 is 4.74 Å². The van der Waals surface area contributed by atoms with Gasteiger partial charge >= 0.3 is 0 Å². The lowest BCUT2D eigenvalue weighted by Crippen LogP contribution is -2.13. The summed E-state index contributed by atoms with van der Waals surface area (Å²) in [4.78, 5) is 0. The van der Waals surface area contributed by atoms with E-state index in [1.807, 2.05) is 24.3 Å². The van der Waals surface area contributed by atoms with E-state index in [1.54, 1.807) is 0 Å². The normalized spacial score (nSPS) is 11.5. The zero-order valence-corrected chi connectivity index (χ0v) is 13.7. The minimum Gasteiger partial charge on any atom is -0.489 e. The number of nitrogen functional groups attached to an aromatic ring is 1. The van der Waals surface area contributed by atoms with Gasteiger partial charge in [0, 0.05) is 5.69 Å². The second-order valence-electron chi connectivity index (χ2n) is 6.70. The second kappa shape index (κ2) is 5.80. The molecule has 2 aromatic carbocycles. The first kappa shape index (κ1) is 15.4. The summed E-state index contributed by atoms with van der Waals surface area (Å²) in [6.07, 6.45) is 0. The summed E-state index contributed by atoms with van der Waals surface area (Å²) in [5.74, 6) is 0.850. The van der Waals surface area contributed by atoms with E-state index in [4.69, 9.17) is 10.5 Å². The quantitative estimate of drug-likeness (QED) is 0.824. The fraction of sp³-hybridized carbons (Fsp3) is 0.368. The summed E-state index contributed by atoms with van der Waals surface area (Å²) >= 11 is 0. The molecule has 2 nitrogen and oxygen atoms in total. The third kappa shape index (κ3) is 3.78. The highest BCUT2D eigenvalue weighted by Crippen LogP contribution is 2.27. The van der Waals surface area contributed by atoms with Crippen molar-refractivity contribution in [2.45, 2.75) is 46.6 Å². The van der Waals surface area contributed by atoms with Gasteiger partial charge in [-0.05, 0) is 65.8 Å². The second-order valence-corrected chi connectivity index (χ2v) is 6.70. The number of aryl methyl sites for hydroxylation is 2. The molecule has 2 rings (SSSR count). The lowest BCUT2D eigenvalue weighted by molar-refractivity contribution is 0.304. The molecular formula is C19H25NO. The van der Waals surface area contributed by atoms with Gasteiger partial charge in [0.25, 0.3) is 0 Å². The maximum atomic E-state index is 5.88. The fourth-order valence-corrected chi connectivity index (χ4v) is 2.37. The van der Waals surface area contributed by atoms with Crippen molar-refractivity contribution in [1.82, 2.24) is 0 Å². The van der Waals surface area contributed by atoms with Gasteiger partial charge in [0.2, 0.25) is 0 Å². The Morgan fingerprint density at radius 1 is 0.952 bits per heavy atom. The Balaban J connectivity index is 2.19. The first-order chi connectivity index (χ1) is 9.77. The maximum Gasteiger partial charge on any atom is 0.119 e. The van der Waals surface area contributed by atoms with Crippen LogP contribution in [-0.4, -0.2) is 0 Å². The summed E-state index contributed by atoms with van der Waals surface area (Å²) in [5.41, 5.74) is 11.8. The van der Waals surface area contributed by atoms with Crippen LogP contribution in [0.25, 0.3) is 0 Å². The highest BCUT2D eigenvalue weighted by Gasteiger charge is 2.16. The predicted molar refractivity (Wildman–Crippen MR) is 89.8 cm³/mol. The number of nitrogens with two attached hydrogens (primary N) is 1. The summed E-state index contributed by atoms with van der Waals surface area (Å²) < 4.78 is 5.88. The lowest BCUT2D eigenvalue weighted by Gasteiger charge is -2.22. The molecule has 112 valence electrons. The average Bonchev–Trinajstić information content (AvgIpc) is 2.38. The Bertz CT molecular complexity index is 598. The smallest absolute Gasteiger partial charge is 0.119 e. The molecule has 0 aliphatic heterocycles. The van der Waals surface area contributed by atoms with Crippen molar-refractivity contribution in [2.24, 2.45) is 0 Å². The number of hydrogen-bond donors (Lipinski definition) is 1.